The Labute approximate surface area is 166 Å². The van der Waals surface area contributed by atoms with E-state index >= 15 is 0 Å². The highest BCUT2D eigenvalue weighted by Crippen LogP contribution is 2.37. The predicted molar refractivity (Wildman–Crippen MR) is 101 cm³/mol. The van der Waals surface area contributed by atoms with Gasteiger partial charge >= 0.3 is 5.51 Å². The van der Waals surface area contributed by atoms with Gasteiger partial charge in [0.25, 0.3) is 5.91 Å². The molecule has 1 aliphatic heterocycles. The maximum Gasteiger partial charge on any atom is 0.446 e. The summed E-state index contributed by atoms with van der Waals surface area (Å²) >= 11 is 3.18. The molecule has 2 aromatic rings. The third-order valence-electron chi connectivity index (χ3n) is 3.89. The van der Waals surface area contributed by atoms with Crippen LogP contribution < -0.4 is 10.2 Å². The van der Waals surface area contributed by atoms with Crippen LogP contribution in [-0.2, 0) is 0 Å². The zero-order valence-corrected chi connectivity index (χ0v) is 16.2. The summed E-state index contributed by atoms with van der Waals surface area (Å²) < 4.78 is 37.7. The lowest BCUT2D eigenvalue weighted by atomic mass is 10.2. The highest BCUT2D eigenvalue weighted by atomic mass is 79.9. The first kappa shape index (κ1) is 20.0. The number of β-amino-alcohol motifs (C(OH)–C–C–N with tert-alkyl or cyclic N) is 1. The van der Waals surface area contributed by atoms with Crippen LogP contribution in [0, 0.1) is 0 Å². The number of aromatic nitrogens is 1. The van der Waals surface area contributed by atoms with Gasteiger partial charge in [-0.25, -0.2) is 4.98 Å². The number of rotatable bonds is 4. The van der Waals surface area contributed by atoms with E-state index in [0.717, 1.165) is 0 Å². The first-order valence-corrected chi connectivity index (χ1v) is 9.58. The van der Waals surface area contributed by atoms with Crippen molar-refractivity contribution in [2.45, 2.75) is 22.9 Å². The fourth-order valence-corrected chi connectivity index (χ4v) is 3.80. The number of pyridine rings is 1. The number of anilines is 2. The number of carbonyl (C=O) groups is 1. The van der Waals surface area contributed by atoms with Gasteiger partial charge in [0.05, 0.1) is 16.1 Å². The first-order chi connectivity index (χ1) is 12.7. The molecule has 3 rings (SSSR count). The molecule has 144 valence electrons. The smallest absolute Gasteiger partial charge is 0.391 e. The van der Waals surface area contributed by atoms with Crippen LogP contribution in [0.15, 0.2) is 45.9 Å². The Kier molecular flexibility index (Phi) is 5.97. The van der Waals surface area contributed by atoms with Crippen LogP contribution in [-0.4, -0.2) is 40.7 Å². The number of amides is 1. The SMILES string of the molecule is O=C(Nc1ccc(SC(F)(F)F)cc1)c1cnc(N2CC[C@@H](O)C2)c(Br)c1. The van der Waals surface area contributed by atoms with Gasteiger partial charge in [-0.2, -0.15) is 13.2 Å². The van der Waals surface area contributed by atoms with Gasteiger partial charge in [-0.15, -0.1) is 0 Å². The van der Waals surface area contributed by atoms with Crippen molar-refractivity contribution in [2.24, 2.45) is 0 Å². The molecule has 0 saturated carbocycles. The summed E-state index contributed by atoms with van der Waals surface area (Å²) in [6.07, 6.45) is 1.70. The number of alkyl halides is 3. The van der Waals surface area contributed by atoms with Crippen LogP contribution in [0.1, 0.15) is 16.8 Å². The molecule has 2 N–H and O–H groups in total. The predicted octanol–water partition coefficient (Wildman–Crippen LogP) is 4.28. The van der Waals surface area contributed by atoms with Crippen molar-refractivity contribution >= 4 is 45.1 Å². The van der Waals surface area contributed by atoms with Crippen LogP contribution >= 0.6 is 27.7 Å². The van der Waals surface area contributed by atoms with E-state index in [0.29, 0.717) is 41.1 Å². The van der Waals surface area contributed by atoms with Crippen LogP contribution in [0.2, 0.25) is 0 Å². The summed E-state index contributed by atoms with van der Waals surface area (Å²) in [5.74, 6) is 0.226. The lowest BCUT2D eigenvalue weighted by molar-refractivity contribution is -0.0328. The van der Waals surface area contributed by atoms with E-state index in [9.17, 15) is 23.1 Å². The number of nitrogens with zero attached hydrogens (tertiary/aromatic N) is 2. The first-order valence-electron chi connectivity index (χ1n) is 7.97. The zero-order chi connectivity index (χ0) is 19.6. The number of aliphatic hydroxyl groups is 1. The third-order valence-corrected chi connectivity index (χ3v) is 5.22. The largest absolute Gasteiger partial charge is 0.446 e. The van der Waals surface area contributed by atoms with E-state index in [1.54, 1.807) is 6.07 Å². The Balaban J connectivity index is 1.66. The molecule has 0 unspecified atom stereocenters. The average molecular weight is 462 g/mol. The Morgan fingerprint density at radius 2 is 2.04 bits per heavy atom. The third kappa shape index (κ3) is 5.36. The molecule has 2 heterocycles. The molecular weight excluding hydrogens is 447 g/mol. The fraction of sp³-hybridized carbons (Fsp3) is 0.294. The van der Waals surface area contributed by atoms with Crippen molar-refractivity contribution in [3.63, 3.8) is 0 Å². The van der Waals surface area contributed by atoms with Crippen LogP contribution in [0.3, 0.4) is 0 Å². The molecule has 1 aromatic heterocycles. The van der Waals surface area contributed by atoms with Crippen molar-refractivity contribution in [1.82, 2.24) is 4.98 Å². The maximum absolute atomic E-state index is 12.4. The topological polar surface area (TPSA) is 65.5 Å². The van der Waals surface area contributed by atoms with Crippen molar-refractivity contribution in [3.05, 3.63) is 46.6 Å². The summed E-state index contributed by atoms with van der Waals surface area (Å²) in [6.45, 7) is 1.17. The summed E-state index contributed by atoms with van der Waals surface area (Å²) in [6, 6.07) is 7.03. The number of aliphatic hydroxyl groups excluding tert-OH is 1. The Bertz CT molecular complexity index is 833. The Morgan fingerprint density at radius 1 is 1.33 bits per heavy atom. The highest BCUT2D eigenvalue weighted by Gasteiger charge is 2.29. The van der Waals surface area contributed by atoms with Crippen LogP contribution in [0.4, 0.5) is 24.7 Å². The molecule has 1 aliphatic rings. The van der Waals surface area contributed by atoms with Gasteiger partial charge in [-0.1, -0.05) is 0 Å². The lowest BCUT2D eigenvalue weighted by Crippen LogP contribution is -2.23. The van der Waals surface area contributed by atoms with E-state index in [-0.39, 0.29) is 22.8 Å². The molecule has 0 spiro atoms. The van der Waals surface area contributed by atoms with Crippen molar-refractivity contribution in [3.8, 4) is 0 Å². The van der Waals surface area contributed by atoms with Gasteiger partial charge < -0.3 is 15.3 Å². The normalized spacial score (nSPS) is 17.2. The molecule has 1 atom stereocenters. The number of hydrogen-bond donors (Lipinski definition) is 2. The quantitative estimate of drug-likeness (QED) is 0.665. The Hall–Kier alpha value is -1.78. The molecule has 0 aliphatic carbocycles. The molecule has 0 bridgehead atoms. The average Bonchev–Trinajstić information content (AvgIpc) is 3.01. The lowest BCUT2D eigenvalue weighted by Gasteiger charge is -2.18. The molecule has 0 radical (unpaired) electrons. The van der Waals surface area contributed by atoms with Gasteiger partial charge in [0, 0.05) is 29.9 Å². The minimum atomic E-state index is -4.35. The van der Waals surface area contributed by atoms with Gasteiger partial charge in [0.15, 0.2) is 0 Å². The fourth-order valence-electron chi connectivity index (χ4n) is 2.66. The molecule has 1 amide bonds. The van der Waals surface area contributed by atoms with E-state index in [4.69, 9.17) is 0 Å². The summed E-state index contributed by atoms with van der Waals surface area (Å²) in [5.41, 5.74) is -3.66. The summed E-state index contributed by atoms with van der Waals surface area (Å²) in [4.78, 5) is 18.6. The number of carbonyl (C=O) groups excluding carboxylic acids is 1. The highest BCUT2D eigenvalue weighted by molar-refractivity contribution is 9.10. The van der Waals surface area contributed by atoms with E-state index in [2.05, 4.69) is 26.2 Å². The van der Waals surface area contributed by atoms with E-state index in [1.165, 1.54) is 30.5 Å². The van der Waals surface area contributed by atoms with Crippen LogP contribution in [0.25, 0.3) is 0 Å². The van der Waals surface area contributed by atoms with Gasteiger partial charge in [-0.3, -0.25) is 4.79 Å². The van der Waals surface area contributed by atoms with Gasteiger partial charge in [0.1, 0.15) is 5.82 Å². The minimum Gasteiger partial charge on any atom is -0.391 e. The maximum atomic E-state index is 12.4. The monoisotopic (exact) mass is 461 g/mol. The second-order valence-corrected chi connectivity index (χ2v) is 7.94. The number of benzene rings is 1. The van der Waals surface area contributed by atoms with Crippen molar-refractivity contribution in [1.29, 1.82) is 0 Å². The second-order valence-electron chi connectivity index (χ2n) is 5.94. The summed E-state index contributed by atoms with van der Waals surface area (Å²) in [5, 5.41) is 12.3. The molecule has 5 nitrogen and oxygen atoms in total. The molecule has 1 saturated heterocycles. The standard InChI is InChI=1S/C17H15BrF3N3O2S/c18-14-7-10(8-22-15(14)24-6-5-12(25)9-24)16(26)23-11-1-3-13(4-2-11)27-17(19,20)21/h1-4,7-8,12,25H,5-6,9H2,(H,23,26)/t12-/m1/s1. The number of hydrogen-bond acceptors (Lipinski definition) is 5. The number of thioether (sulfide) groups is 1. The van der Waals surface area contributed by atoms with Crippen molar-refractivity contribution < 1.29 is 23.1 Å². The molecule has 1 fully saturated rings. The van der Waals surface area contributed by atoms with Gasteiger partial charge in [-0.05, 0) is 64.4 Å². The summed E-state index contributed by atoms with van der Waals surface area (Å²) in [7, 11) is 0. The number of nitrogens with one attached hydrogen (secondary N) is 1. The Morgan fingerprint density at radius 3 is 2.59 bits per heavy atom. The zero-order valence-electron chi connectivity index (χ0n) is 13.8. The molecular formula is C17H15BrF3N3O2S. The molecule has 27 heavy (non-hydrogen) atoms. The van der Waals surface area contributed by atoms with Gasteiger partial charge in [0.2, 0.25) is 0 Å². The van der Waals surface area contributed by atoms with E-state index < -0.39 is 11.4 Å². The minimum absolute atomic E-state index is 0.0436. The number of halogens is 4. The second kappa shape index (κ2) is 8.07. The van der Waals surface area contributed by atoms with Crippen LogP contribution in [0.5, 0.6) is 0 Å². The molecule has 10 heteroatoms. The van der Waals surface area contributed by atoms with E-state index in [1.807, 2.05) is 4.90 Å². The molecule has 1 aromatic carbocycles. The van der Waals surface area contributed by atoms with Crippen molar-refractivity contribution in [2.75, 3.05) is 23.3 Å².